The molecular weight excluding hydrogens is 244 g/mol. The fourth-order valence-corrected chi connectivity index (χ4v) is 2.43. The molecule has 90 valence electrons. The molecule has 0 aliphatic carbocycles. The number of aryl methyl sites for hydroxylation is 1. The van der Waals surface area contributed by atoms with Crippen molar-refractivity contribution in [1.82, 2.24) is 14.8 Å². The van der Waals surface area contributed by atoms with Crippen LogP contribution in [0.15, 0.2) is 41.8 Å². The van der Waals surface area contributed by atoms with Crippen molar-refractivity contribution >= 4 is 17.0 Å². The molecule has 0 aliphatic rings. The fraction of sp³-hybridized carbons (Fsp3) is 0.0769. The Morgan fingerprint density at radius 1 is 1.17 bits per heavy atom. The summed E-state index contributed by atoms with van der Waals surface area (Å²) in [6, 6.07) is 11.7. The highest BCUT2D eigenvalue weighted by atomic mass is 32.1. The largest absolute Gasteiger partial charge is 0.399 e. The van der Waals surface area contributed by atoms with E-state index in [0.29, 0.717) is 0 Å². The highest BCUT2D eigenvalue weighted by Crippen LogP contribution is 2.25. The van der Waals surface area contributed by atoms with Crippen LogP contribution >= 0.6 is 11.3 Å². The van der Waals surface area contributed by atoms with E-state index < -0.39 is 0 Å². The molecule has 0 saturated carbocycles. The predicted molar refractivity (Wildman–Crippen MR) is 74.2 cm³/mol. The lowest BCUT2D eigenvalue weighted by atomic mass is 10.2. The molecule has 0 atom stereocenters. The van der Waals surface area contributed by atoms with Crippen LogP contribution in [0.25, 0.3) is 22.1 Å². The molecule has 0 bridgehead atoms. The molecule has 0 aliphatic heterocycles. The van der Waals surface area contributed by atoms with Gasteiger partial charge >= 0.3 is 0 Å². The highest BCUT2D eigenvalue weighted by molar-refractivity contribution is 7.13. The van der Waals surface area contributed by atoms with Crippen molar-refractivity contribution in [2.45, 2.75) is 0 Å². The summed E-state index contributed by atoms with van der Waals surface area (Å²) in [6.45, 7) is 0. The van der Waals surface area contributed by atoms with Gasteiger partial charge in [-0.2, -0.15) is 0 Å². The summed E-state index contributed by atoms with van der Waals surface area (Å²) in [6.07, 6.45) is 0. The van der Waals surface area contributed by atoms with Gasteiger partial charge in [-0.25, -0.2) is 9.67 Å². The molecule has 0 fully saturated rings. The van der Waals surface area contributed by atoms with Gasteiger partial charge in [0.15, 0.2) is 11.6 Å². The minimum Gasteiger partial charge on any atom is -0.399 e. The van der Waals surface area contributed by atoms with Crippen molar-refractivity contribution in [3.8, 4) is 22.1 Å². The lowest BCUT2D eigenvalue weighted by Gasteiger charge is -1.99. The molecule has 0 radical (unpaired) electrons. The Balaban J connectivity index is 2.06. The first-order valence-corrected chi connectivity index (χ1v) is 6.43. The third-order valence-corrected chi connectivity index (χ3v) is 3.54. The van der Waals surface area contributed by atoms with E-state index in [1.165, 1.54) is 0 Å². The number of nitrogens with two attached hydrogens (primary N) is 1. The number of anilines is 1. The van der Waals surface area contributed by atoms with Crippen molar-refractivity contribution in [3.05, 3.63) is 41.8 Å². The summed E-state index contributed by atoms with van der Waals surface area (Å²) in [5, 5.41) is 6.46. The fourth-order valence-electron chi connectivity index (χ4n) is 1.78. The number of hydrogen-bond acceptors (Lipinski definition) is 4. The van der Waals surface area contributed by atoms with Crippen molar-refractivity contribution in [2.24, 2.45) is 7.05 Å². The van der Waals surface area contributed by atoms with Crippen molar-refractivity contribution < 1.29 is 0 Å². The molecule has 3 rings (SSSR count). The summed E-state index contributed by atoms with van der Waals surface area (Å²) in [7, 11) is 1.90. The van der Waals surface area contributed by atoms with E-state index in [1.54, 1.807) is 16.0 Å². The average Bonchev–Trinajstić information content (AvgIpc) is 2.99. The highest BCUT2D eigenvalue weighted by Gasteiger charge is 2.11. The van der Waals surface area contributed by atoms with Gasteiger partial charge in [0.2, 0.25) is 0 Å². The molecule has 0 saturated heterocycles. The molecular formula is C13H12N4S. The van der Waals surface area contributed by atoms with E-state index in [9.17, 15) is 0 Å². The van der Waals surface area contributed by atoms with Crippen LogP contribution in [-0.4, -0.2) is 14.8 Å². The predicted octanol–water partition coefficient (Wildman–Crippen LogP) is 2.79. The van der Waals surface area contributed by atoms with Gasteiger partial charge in [-0.15, -0.1) is 16.4 Å². The van der Waals surface area contributed by atoms with Gasteiger partial charge in [0.1, 0.15) is 0 Å². The van der Waals surface area contributed by atoms with Crippen molar-refractivity contribution in [2.75, 3.05) is 5.73 Å². The van der Waals surface area contributed by atoms with Crippen LogP contribution in [0.4, 0.5) is 5.69 Å². The van der Waals surface area contributed by atoms with E-state index in [1.807, 2.05) is 48.8 Å². The molecule has 0 spiro atoms. The van der Waals surface area contributed by atoms with Gasteiger partial charge in [-0.3, -0.25) is 0 Å². The zero-order valence-electron chi connectivity index (χ0n) is 9.87. The smallest absolute Gasteiger partial charge is 0.191 e. The Hall–Kier alpha value is -2.14. The molecule has 5 heteroatoms. The summed E-state index contributed by atoms with van der Waals surface area (Å²) in [5.41, 5.74) is 7.45. The molecule has 3 aromatic rings. The van der Waals surface area contributed by atoms with E-state index in [4.69, 9.17) is 5.73 Å². The third kappa shape index (κ3) is 1.89. The van der Waals surface area contributed by atoms with E-state index in [2.05, 4.69) is 10.1 Å². The molecule has 1 aromatic carbocycles. The number of rotatable bonds is 2. The van der Waals surface area contributed by atoms with Crippen LogP contribution in [0.5, 0.6) is 0 Å². The SMILES string of the molecule is Cn1nc(-c2cccs2)nc1-c1ccc(N)cc1. The normalized spacial score (nSPS) is 10.7. The van der Waals surface area contributed by atoms with Crippen LogP contribution in [0.3, 0.4) is 0 Å². The van der Waals surface area contributed by atoms with Crippen LogP contribution in [-0.2, 0) is 7.05 Å². The minimum absolute atomic E-state index is 0.749. The Morgan fingerprint density at radius 3 is 2.61 bits per heavy atom. The second kappa shape index (κ2) is 4.27. The van der Waals surface area contributed by atoms with E-state index in [-0.39, 0.29) is 0 Å². The van der Waals surface area contributed by atoms with Gasteiger partial charge in [-0.1, -0.05) is 6.07 Å². The van der Waals surface area contributed by atoms with Gasteiger partial charge in [0, 0.05) is 18.3 Å². The standard InChI is InChI=1S/C13H12N4S/c1-17-13(9-4-6-10(14)7-5-9)15-12(16-17)11-3-2-8-18-11/h2-8H,14H2,1H3. The molecule has 2 N–H and O–H groups in total. The zero-order chi connectivity index (χ0) is 12.5. The first-order valence-electron chi connectivity index (χ1n) is 5.55. The van der Waals surface area contributed by atoms with Gasteiger partial charge < -0.3 is 5.73 Å². The minimum atomic E-state index is 0.749. The lowest BCUT2D eigenvalue weighted by molar-refractivity contribution is 0.778. The second-order valence-electron chi connectivity index (χ2n) is 3.98. The van der Waals surface area contributed by atoms with Gasteiger partial charge in [-0.05, 0) is 35.7 Å². The van der Waals surface area contributed by atoms with Crippen LogP contribution < -0.4 is 5.73 Å². The zero-order valence-corrected chi connectivity index (χ0v) is 10.7. The Bertz CT molecular complexity index is 653. The second-order valence-corrected chi connectivity index (χ2v) is 4.93. The molecule has 2 heterocycles. The summed E-state index contributed by atoms with van der Waals surface area (Å²) >= 11 is 1.64. The first-order chi connectivity index (χ1) is 8.74. The van der Waals surface area contributed by atoms with Crippen LogP contribution in [0, 0.1) is 0 Å². The molecule has 0 amide bonds. The number of nitrogen functional groups attached to an aromatic ring is 1. The van der Waals surface area contributed by atoms with Gasteiger partial charge in [0.05, 0.1) is 4.88 Å². The molecule has 2 aromatic heterocycles. The number of hydrogen-bond donors (Lipinski definition) is 1. The van der Waals surface area contributed by atoms with Crippen LogP contribution in [0.1, 0.15) is 0 Å². The average molecular weight is 256 g/mol. The van der Waals surface area contributed by atoms with Crippen molar-refractivity contribution in [1.29, 1.82) is 0 Å². The van der Waals surface area contributed by atoms with E-state index >= 15 is 0 Å². The van der Waals surface area contributed by atoms with Gasteiger partial charge in [0.25, 0.3) is 0 Å². The molecule has 0 unspecified atom stereocenters. The first kappa shape index (κ1) is 11.0. The molecule has 18 heavy (non-hydrogen) atoms. The number of aromatic nitrogens is 3. The maximum atomic E-state index is 5.68. The maximum Gasteiger partial charge on any atom is 0.191 e. The Kier molecular flexibility index (Phi) is 2.60. The Morgan fingerprint density at radius 2 is 1.94 bits per heavy atom. The maximum absolute atomic E-state index is 5.68. The van der Waals surface area contributed by atoms with Crippen molar-refractivity contribution in [3.63, 3.8) is 0 Å². The Labute approximate surface area is 109 Å². The monoisotopic (exact) mass is 256 g/mol. The summed E-state index contributed by atoms with van der Waals surface area (Å²) in [5.74, 6) is 1.61. The third-order valence-electron chi connectivity index (χ3n) is 2.67. The topological polar surface area (TPSA) is 56.7 Å². The van der Waals surface area contributed by atoms with E-state index in [0.717, 1.165) is 27.8 Å². The summed E-state index contributed by atoms with van der Waals surface area (Å²) < 4.78 is 1.79. The van der Waals surface area contributed by atoms with Crippen LogP contribution in [0.2, 0.25) is 0 Å². The summed E-state index contributed by atoms with van der Waals surface area (Å²) in [4.78, 5) is 5.65. The molecule has 4 nitrogen and oxygen atoms in total. The quantitative estimate of drug-likeness (QED) is 0.717. The number of nitrogens with zero attached hydrogens (tertiary/aromatic N) is 3. The number of benzene rings is 1. The number of thiophene rings is 1. The lowest BCUT2D eigenvalue weighted by Crippen LogP contribution is -1.94.